The molecule has 0 unspecified atom stereocenters. The minimum absolute atomic E-state index is 0.109. The van der Waals surface area contributed by atoms with Crippen LogP contribution >= 0.6 is 0 Å². The van der Waals surface area contributed by atoms with E-state index in [0.29, 0.717) is 6.54 Å². The highest BCUT2D eigenvalue weighted by molar-refractivity contribution is 5.96. The van der Waals surface area contributed by atoms with Gasteiger partial charge in [-0.1, -0.05) is 13.3 Å². The maximum absolute atomic E-state index is 12.1. The van der Waals surface area contributed by atoms with Gasteiger partial charge in [0, 0.05) is 12.6 Å². The summed E-state index contributed by atoms with van der Waals surface area (Å²) in [5.41, 5.74) is -0.817. The maximum atomic E-state index is 12.1. The third-order valence-corrected chi connectivity index (χ3v) is 3.11. The van der Waals surface area contributed by atoms with E-state index >= 15 is 0 Å². The number of ether oxygens (including phenoxy) is 3. The first-order chi connectivity index (χ1) is 11.4. The van der Waals surface area contributed by atoms with Gasteiger partial charge in [0.2, 0.25) is 0 Å². The van der Waals surface area contributed by atoms with Gasteiger partial charge in [-0.05, 0) is 6.42 Å². The van der Waals surface area contributed by atoms with Crippen molar-refractivity contribution in [2.24, 2.45) is 0 Å². The molecular formula is C15H20N2O7. The Morgan fingerprint density at radius 3 is 2.38 bits per heavy atom. The summed E-state index contributed by atoms with van der Waals surface area (Å²) in [4.78, 5) is 34.0. The summed E-state index contributed by atoms with van der Waals surface area (Å²) in [6.45, 7) is 1.93. The molecule has 0 spiro atoms. The Morgan fingerprint density at radius 1 is 1.21 bits per heavy atom. The van der Waals surface area contributed by atoms with Crippen molar-refractivity contribution in [3.63, 3.8) is 0 Å². The number of nitrogens with zero attached hydrogens (tertiary/aromatic N) is 1. The van der Waals surface area contributed by atoms with Crippen molar-refractivity contribution in [1.82, 2.24) is 5.32 Å². The van der Waals surface area contributed by atoms with Crippen LogP contribution in [0.1, 0.15) is 30.1 Å². The number of rotatable bonds is 9. The molecule has 1 aromatic carbocycles. The normalized spacial score (nSPS) is 9.96. The van der Waals surface area contributed by atoms with Crippen molar-refractivity contribution in [2.45, 2.75) is 19.8 Å². The van der Waals surface area contributed by atoms with Crippen LogP contribution in [0.15, 0.2) is 12.1 Å². The number of esters is 1. The summed E-state index contributed by atoms with van der Waals surface area (Å²) in [5, 5.41) is 13.7. The van der Waals surface area contributed by atoms with Crippen LogP contribution in [-0.2, 0) is 9.53 Å². The second-order valence-electron chi connectivity index (χ2n) is 4.76. The van der Waals surface area contributed by atoms with Crippen LogP contribution in [0.3, 0.4) is 0 Å². The van der Waals surface area contributed by atoms with Gasteiger partial charge in [-0.3, -0.25) is 14.9 Å². The minimum Gasteiger partial charge on any atom is -0.493 e. The van der Waals surface area contributed by atoms with E-state index < -0.39 is 29.1 Å². The number of hydrogen-bond donors (Lipinski definition) is 1. The maximum Gasteiger partial charge on any atom is 0.345 e. The van der Waals surface area contributed by atoms with Gasteiger partial charge in [0.05, 0.1) is 25.2 Å². The summed E-state index contributed by atoms with van der Waals surface area (Å²) >= 11 is 0. The number of amides is 1. The SMILES string of the molecule is CCCCNC(=O)COC(=O)c1cc(OC)c(OC)cc1[N+](=O)[O-]. The molecule has 9 nitrogen and oxygen atoms in total. The number of benzene rings is 1. The van der Waals surface area contributed by atoms with Crippen LogP contribution in [0.5, 0.6) is 11.5 Å². The van der Waals surface area contributed by atoms with Crippen LogP contribution in [0.2, 0.25) is 0 Å². The van der Waals surface area contributed by atoms with Crippen LogP contribution in [-0.4, -0.2) is 44.2 Å². The van der Waals surface area contributed by atoms with E-state index in [2.05, 4.69) is 5.32 Å². The Bertz CT molecular complexity index is 616. The fraction of sp³-hybridized carbons (Fsp3) is 0.467. The average Bonchev–Trinajstić information content (AvgIpc) is 2.58. The van der Waals surface area contributed by atoms with E-state index in [0.717, 1.165) is 25.0 Å². The first-order valence-electron chi connectivity index (χ1n) is 7.28. The monoisotopic (exact) mass is 340 g/mol. The van der Waals surface area contributed by atoms with Gasteiger partial charge >= 0.3 is 5.97 Å². The lowest BCUT2D eigenvalue weighted by atomic mass is 10.1. The summed E-state index contributed by atoms with van der Waals surface area (Å²) in [5.74, 6) is -1.21. The molecule has 0 fully saturated rings. The molecule has 0 bridgehead atoms. The van der Waals surface area contributed by atoms with E-state index in [4.69, 9.17) is 14.2 Å². The highest BCUT2D eigenvalue weighted by Gasteiger charge is 2.26. The zero-order chi connectivity index (χ0) is 18.1. The Morgan fingerprint density at radius 2 is 1.83 bits per heavy atom. The second kappa shape index (κ2) is 9.33. The molecule has 0 saturated heterocycles. The van der Waals surface area contributed by atoms with Crippen LogP contribution in [0, 0.1) is 10.1 Å². The number of nitro benzene ring substituents is 1. The first-order valence-corrected chi connectivity index (χ1v) is 7.28. The molecule has 0 aliphatic carbocycles. The van der Waals surface area contributed by atoms with Crippen molar-refractivity contribution in [1.29, 1.82) is 0 Å². The van der Waals surface area contributed by atoms with Gasteiger partial charge in [0.25, 0.3) is 11.6 Å². The van der Waals surface area contributed by atoms with Gasteiger partial charge < -0.3 is 19.5 Å². The topological polar surface area (TPSA) is 117 Å². The van der Waals surface area contributed by atoms with Gasteiger partial charge in [-0.2, -0.15) is 0 Å². The number of nitro groups is 1. The average molecular weight is 340 g/mol. The molecule has 0 aliphatic rings. The first kappa shape index (κ1) is 19.2. The van der Waals surface area contributed by atoms with E-state index in [1.165, 1.54) is 14.2 Å². The number of hydrogen-bond acceptors (Lipinski definition) is 7. The van der Waals surface area contributed by atoms with Crippen LogP contribution in [0.4, 0.5) is 5.69 Å². The van der Waals surface area contributed by atoms with Gasteiger partial charge in [-0.15, -0.1) is 0 Å². The van der Waals surface area contributed by atoms with E-state index in [9.17, 15) is 19.7 Å². The number of methoxy groups -OCH3 is 2. The van der Waals surface area contributed by atoms with E-state index in [1.54, 1.807) is 0 Å². The van der Waals surface area contributed by atoms with Crippen LogP contribution < -0.4 is 14.8 Å². The largest absolute Gasteiger partial charge is 0.493 e. The van der Waals surface area contributed by atoms with Gasteiger partial charge in [0.15, 0.2) is 18.1 Å². The van der Waals surface area contributed by atoms with Crippen molar-refractivity contribution in [2.75, 3.05) is 27.4 Å². The van der Waals surface area contributed by atoms with Gasteiger partial charge in [0.1, 0.15) is 5.56 Å². The Hall–Kier alpha value is -2.84. The fourth-order valence-corrected chi connectivity index (χ4v) is 1.85. The molecule has 0 radical (unpaired) electrons. The number of carbonyl (C=O) groups is 2. The molecule has 1 aromatic rings. The predicted octanol–water partition coefficient (Wildman–Crippen LogP) is 1.69. The fourth-order valence-electron chi connectivity index (χ4n) is 1.85. The quantitative estimate of drug-likeness (QED) is 0.314. The van der Waals surface area contributed by atoms with E-state index in [1.807, 2.05) is 6.92 Å². The zero-order valence-corrected chi connectivity index (χ0v) is 13.8. The molecular weight excluding hydrogens is 320 g/mol. The van der Waals surface area contributed by atoms with Crippen molar-refractivity contribution >= 4 is 17.6 Å². The number of unbranched alkanes of at least 4 members (excludes halogenated alkanes) is 1. The van der Waals surface area contributed by atoms with E-state index in [-0.39, 0.29) is 17.1 Å². The summed E-state index contributed by atoms with van der Waals surface area (Å²) in [6, 6.07) is 2.21. The molecule has 1 N–H and O–H groups in total. The lowest BCUT2D eigenvalue weighted by Crippen LogP contribution is -2.29. The van der Waals surface area contributed by atoms with Crippen molar-refractivity contribution in [3.05, 3.63) is 27.8 Å². The highest BCUT2D eigenvalue weighted by atomic mass is 16.6. The lowest BCUT2D eigenvalue weighted by molar-refractivity contribution is -0.385. The van der Waals surface area contributed by atoms with Crippen molar-refractivity contribution < 1.29 is 28.7 Å². The molecule has 1 rings (SSSR count). The molecule has 24 heavy (non-hydrogen) atoms. The summed E-state index contributed by atoms with van der Waals surface area (Å²) in [6.07, 6.45) is 1.72. The third kappa shape index (κ3) is 5.11. The molecule has 0 aliphatic heterocycles. The second-order valence-corrected chi connectivity index (χ2v) is 4.76. The predicted molar refractivity (Wildman–Crippen MR) is 84.4 cm³/mol. The standard InChI is InChI=1S/C15H20N2O7/c1-4-5-6-16-14(18)9-24-15(19)10-7-12(22-2)13(23-3)8-11(10)17(20)21/h7-8H,4-6,9H2,1-3H3,(H,16,18). The summed E-state index contributed by atoms with van der Waals surface area (Å²) < 4.78 is 14.8. The summed E-state index contributed by atoms with van der Waals surface area (Å²) in [7, 11) is 2.65. The molecule has 0 saturated carbocycles. The Balaban J connectivity index is 2.89. The van der Waals surface area contributed by atoms with Crippen LogP contribution in [0.25, 0.3) is 0 Å². The molecule has 132 valence electrons. The Labute approximate surface area is 139 Å². The molecule has 1 amide bonds. The number of carbonyl (C=O) groups excluding carboxylic acids is 2. The minimum atomic E-state index is -0.992. The van der Waals surface area contributed by atoms with Crippen molar-refractivity contribution in [3.8, 4) is 11.5 Å². The molecule has 0 atom stereocenters. The number of nitrogens with one attached hydrogen (secondary N) is 1. The molecule has 9 heteroatoms. The Kier molecular flexibility index (Phi) is 7.47. The molecule has 0 heterocycles. The molecule has 0 aromatic heterocycles. The van der Waals surface area contributed by atoms with Gasteiger partial charge in [-0.25, -0.2) is 4.79 Å². The smallest absolute Gasteiger partial charge is 0.345 e. The third-order valence-electron chi connectivity index (χ3n) is 3.11. The zero-order valence-electron chi connectivity index (χ0n) is 13.8. The lowest BCUT2D eigenvalue weighted by Gasteiger charge is -2.10. The highest BCUT2D eigenvalue weighted by Crippen LogP contribution is 2.34.